The highest BCUT2D eigenvalue weighted by Crippen LogP contribution is 2.24. The van der Waals surface area contributed by atoms with Crippen LogP contribution < -0.4 is 9.47 Å². The van der Waals surface area contributed by atoms with Crippen LogP contribution in [-0.4, -0.2) is 18.8 Å². The molecule has 2 aromatic rings. The molecule has 0 bridgehead atoms. The zero-order valence-electron chi connectivity index (χ0n) is 11.5. The lowest BCUT2D eigenvalue weighted by Crippen LogP contribution is -1.98. The number of methoxy groups -OCH3 is 1. The minimum absolute atomic E-state index is 0.0538. The van der Waals surface area contributed by atoms with Crippen LogP contribution in [0.5, 0.6) is 11.5 Å². The summed E-state index contributed by atoms with van der Waals surface area (Å²) in [7, 11) is 1.60. The summed E-state index contributed by atoms with van der Waals surface area (Å²) in [5.74, 6) is 1.36. The summed E-state index contributed by atoms with van der Waals surface area (Å²) in [6.07, 6.45) is 3.94. The summed E-state index contributed by atoms with van der Waals surface area (Å²) in [5.41, 5.74) is 1.88. The standard InChI is InChI=1S/C17H18O3/c1-19-16-10-9-15(13-18)17(12-16)20-11-5-8-14-6-3-2-4-7-14/h2-10,12,18H,11,13H2,1H3/b8-5+. The van der Waals surface area contributed by atoms with Crippen molar-refractivity contribution in [2.75, 3.05) is 13.7 Å². The Labute approximate surface area is 119 Å². The molecule has 0 heterocycles. The lowest BCUT2D eigenvalue weighted by Gasteiger charge is -2.10. The van der Waals surface area contributed by atoms with Crippen molar-refractivity contribution < 1.29 is 14.6 Å². The Morgan fingerprint density at radius 1 is 1.10 bits per heavy atom. The van der Waals surface area contributed by atoms with E-state index in [2.05, 4.69) is 0 Å². The van der Waals surface area contributed by atoms with Crippen LogP contribution in [0.1, 0.15) is 11.1 Å². The molecule has 0 aliphatic heterocycles. The van der Waals surface area contributed by atoms with Crippen molar-refractivity contribution in [2.24, 2.45) is 0 Å². The third-order valence-electron chi connectivity index (χ3n) is 2.89. The second-order valence-electron chi connectivity index (χ2n) is 4.26. The van der Waals surface area contributed by atoms with Gasteiger partial charge < -0.3 is 14.6 Å². The molecule has 0 fully saturated rings. The molecule has 1 N–H and O–H groups in total. The SMILES string of the molecule is COc1ccc(CO)c(OC/C=C/c2ccccc2)c1. The van der Waals surface area contributed by atoms with Gasteiger partial charge in [-0.25, -0.2) is 0 Å². The monoisotopic (exact) mass is 270 g/mol. The molecule has 0 aliphatic carbocycles. The maximum atomic E-state index is 9.28. The Morgan fingerprint density at radius 3 is 2.60 bits per heavy atom. The summed E-state index contributed by atoms with van der Waals surface area (Å²) < 4.78 is 10.8. The summed E-state index contributed by atoms with van der Waals surface area (Å²) >= 11 is 0. The van der Waals surface area contributed by atoms with Gasteiger partial charge in [-0.1, -0.05) is 36.4 Å². The fourth-order valence-electron chi connectivity index (χ4n) is 1.81. The molecule has 0 unspecified atom stereocenters. The highest BCUT2D eigenvalue weighted by molar-refractivity contribution is 5.49. The maximum Gasteiger partial charge on any atom is 0.128 e. The van der Waals surface area contributed by atoms with E-state index in [0.717, 1.165) is 11.1 Å². The van der Waals surface area contributed by atoms with Crippen LogP contribution in [0.3, 0.4) is 0 Å². The molecule has 0 amide bonds. The molecule has 2 aromatic carbocycles. The van der Waals surface area contributed by atoms with Crippen molar-refractivity contribution in [3.8, 4) is 11.5 Å². The van der Waals surface area contributed by atoms with Gasteiger partial charge in [0.15, 0.2) is 0 Å². The van der Waals surface area contributed by atoms with Crippen molar-refractivity contribution in [3.63, 3.8) is 0 Å². The van der Waals surface area contributed by atoms with Gasteiger partial charge in [-0.2, -0.15) is 0 Å². The third kappa shape index (κ3) is 3.87. The molecule has 3 heteroatoms. The van der Waals surface area contributed by atoms with Crippen molar-refractivity contribution in [2.45, 2.75) is 6.61 Å². The van der Waals surface area contributed by atoms with Crippen LogP contribution in [-0.2, 0) is 6.61 Å². The lowest BCUT2D eigenvalue weighted by molar-refractivity contribution is 0.269. The van der Waals surface area contributed by atoms with Crippen LogP contribution in [0.4, 0.5) is 0 Å². The number of hydrogen-bond acceptors (Lipinski definition) is 3. The summed E-state index contributed by atoms with van der Waals surface area (Å²) in [5, 5.41) is 9.28. The van der Waals surface area contributed by atoms with Gasteiger partial charge in [-0.15, -0.1) is 0 Å². The van der Waals surface area contributed by atoms with Gasteiger partial charge in [0, 0.05) is 11.6 Å². The van der Waals surface area contributed by atoms with Gasteiger partial charge in [0.25, 0.3) is 0 Å². The Balaban J connectivity index is 1.98. The predicted octanol–water partition coefficient (Wildman–Crippen LogP) is 3.28. The largest absolute Gasteiger partial charge is 0.497 e. The number of ether oxygens (including phenoxy) is 2. The molecule has 0 aromatic heterocycles. The minimum Gasteiger partial charge on any atom is -0.497 e. The first-order valence-corrected chi connectivity index (χ1v) is 6.45. The van der Waals surface area contributed by atoms with Crippen LogP contribution in [0, 0.1) is 0 Å². The highest BCUT2D eigenvalue weighted by Gasteiger charge is 2.04. The molecule has 2 rings (SSSR count). The van der Waals surface area contributed by atoms with Crippen LogP contribution in [0.25, 0.3) is 6.08 Å². The fourth-order valence-corrected chi connectivity index (χ4v) is 1.81. The molecular weight excluding hydrogens is 252 g/mol. The van der Waals surface area contributed by atoms with Gasteiger partial charge in [0.05, 0.1) is 13.7 Å². The molecule has 20 heavy (non-hydrogen) atoms. The third-order valence-corrected chi connectivity index (χ3v) is 2.89. The minimum atomic E-state index is -0.0538. The summed E-state index contributed by atoms with van der Waals surface area (Å²) in [4.78, 5) is 0. The van der Waals surface area contributed by atoms with Crippen LogP contribution >= 0.6 is 0 Å². The summed E-state index contributed by atoms with van der Waals surface area (Å²) in [6, 6.07) is 15.4. The summed E-state index contributed by atoms with van der Waals surface area (Å²) in [6.45, 7) is 0.386. The molecule has 0 atom stereocenters. The van der Waals surface area contributed by atoms with Crippen molar-refractivity contribution in [1.82, 2.24) is 0 Å². The molecule has 0 radical (unpaired) electrons. The van der Waals surface area contributed by atoms with Crippen LogP contribution in [0.15, 0.2) is 54.6 Å². The van der Waals surface area contributed by atoms with E-state index in [1.807, 2.05) is 42.5 Å². The zero-order valence-corrected chi connectivity index (χ0v) is 11.5. The number of benzene rings is 2. The Bertz CT molecular complexity index is 562. The van der Waals surface area contributed by atoms with Gasteiger partial charge >= 0.3 is 0 Å². The van der Waals surface area contributed by atoms with Crippen molar-refractivity contribution in [3.05, 3.63) is 65.7 Å². The highest BCUT2D eigenvalue weighted by atomic mass is 16.5. The van der Waals surface area contributed by atoms with Crippen LogP contribution in [0.2, 0.25) is 0 Å². The number of rotatable bonds is 6. The van der Waals surface area contributed by atoms with E-state index < -0.39 is 0 Å². The topological polar surface area (TPSA) is 38.7 Å². The van der Waals surface area contributed by atoms with E-state index in [1.165, 1.54) is 0 Å². The molecule has 0 spiro atoms. The first-order valence-electron chi connectivity index (χ1n) is 6.45. The lowest BCUT2D eigenvalue weighted by atomic mass is 10.2. The molecule has 3 nitrogen and oxygen atoms in total. The molecule has 0 saturated heterocycles. The molecule has 0 aliphatic rings. The van der Waals surface area contributed by atoms with E-state index in [0.29, 0.717) is 18.1 Å². The average Bonchev–Trinajstić information content (AvgIpc) is 2.52. The first kappa shape index (κ1) is 14.2. The Hall–Kier alpha value is -2.26. The van der Waals surface area contributed by atoms with E-state index in [9.17, 15) is 5.11 Å². The van der Waals surface area contributed by atoms with Gasteiger partial charge in [0.2, 0.25) is 0 Å². The van der Waals surface area contributed by atoms with Crippen molar-refractivity contribution >= 4 is 6.08 Å². The first-order chi connectivity index (χ1) is 9.83. The number of aliphatic hydroxyl groups is 1. The Kier molecular flexibility index (Phi) is 5.21. The molecule has 0 saturated carbocycles. The van der Waals surface area contributed by atoms with Gasteiger partial charge in [-0.3, -0.25) is 0 Å². The van der Waals surface area contributed by atoms with E-state index in [1.54, 1.807) is 25.3 Å². The number of aliphatic hydroxyl groups excluding tert-OH is 1. The Morgan fingerprint density at radius 2 is 1.90 bits per heavy atom. The quantitative estimate of drug-likeness (QED) is 0.875. The maximum absolute atomic E-state index is 9.28. The van der Waals surface area contributed by atoms with Crippen molar-refractivity contribution in [1.29, 1.82) is 0 Å². The number of hydrogen-bond donors (Lipinski definition) is 1. The molecule has 104 valence electrons. The fraction of sp³-hybridized carbons (Fsp3) is 0.176. The molecular formula is C17H18O3. The smallest absolute Gasteiger partial charge is 0.128 e. The normalized spacial score (nSPS) is 10.7. The van der Waals surface area contributed by atoms with E-state index in [4.69, 9.17) is 9.47 Å². The van der Waals surface area contributed by atoms with Gasteiger partial charge in [0.1, 0.15) is 18.1 Å². The van der Waals surface area contributed by atoms with E-state index >= 15 is 0 Å². The second kappa shape index (κ2) is 7.36. The zero-order chi connectivity index (χ0) is 14.2. The van der Waals surface area contributed by atoms with E-state index in [-0.39, 0.29) is 6.61 Å². The predicted molar refractivity (Wildman–Crippen MR) is 79.9 cm³/mol. The average molecular weight is 270 g/mol. The second-order valence-corrected chi connectivity index (χ2v) is 4.26. The van der Waals surface area contributed by atoms with Gasteiger partial charge in [-0.05, 0) is 23.8 Å².